The first-order valence-corrected chi connectivity index (χ1v) is 9.88. The van der Waals surface area contributed by atoms with Gasteiger partial charge in [-0.1, -0.05) is 6.07 Å². The van der Waals surface area contributed by atoms with Gasteiger partial charge in [0.15, 0.2) is 0 Å². The van der Waals surface area contributed by atoms with Crippen molar-refractivity contribution in [1.82, 2.24) is 15.5 Å². The Morgan fingerprint density at radius 3 is 2.70 bits per heavy atom. The third-order valence-electron chi connectivity index (χ3n) is 4.95. The number of benzene rings is 1. The van der Waals surface area contributed by atoms with Crippen LogP contribution in [0.4, 0.5) is 10.5 Å². The molecule has 1 aliphatic heterocycles. The molecule has 7 heteroatoms. The van der Waals surface area contributed by atoms with E-state index in [1.165, 1.54) is 0 Å². The van der Waals surface area contributed by atoms with Crippen LogP contribution in [0.3, 0.4) is 0 Å². The van der Waals surface area contributed by atoms with Gasteiger partial charge >= 0.3 is 6.03 Å². The van der Waals surface area contributed by atoms with Gasteiger partial charge < -0.3 is 20.7 Å². The molecule has 2 aliphatic rings. The highest BCUT2D eigenvalue weighted by atomic mass is 16.5. The Hall–Kier alpha value is -2.12. The number of hydrogen-bond acceptors (Lipinski definition) is 4. The summed E-state index contributed by atoms with van der Waals surface area (Å²) in [4.78, 5) is 26.7. The third-order valence-corrected chi connectivity index (χ3v) is 4.95. The van der Waals surface area contributed by atoms with Crippen LogP contribution in [0.5, 0.6) is 0 Å². The SMILES string of the molecule is Cc1ccc(C(=O)NC2CC2)cc1NC(=O)NCCCCN1CCOCC1. The number of carbonyl (C=O) groups excluding carboxylic acids is 2. The summed E-state index contributed by atoms with van der Waals surface area (Å²) in [7, 11) is 0. The number of amides is 3. The fourth-order valence-electron chi connectivity index (χ4n) is 3.05. The van der Waals surface area contributed by atoms with Gasteiger partial charge in [0, 0.05) is 36.9 Å². The molecule has 3 N–H and O–H groups in total. The summed E-state index contributed by atoms with van der Waals surface area (Å²) in [5.41, 5.74) is 2.18. The lowest BCUT2D eigenvalue weighted by Gasteiger charge is -2.26. The predicted octanol–water partition coefficient (Wildman–Crippen LogP) is 2.12. The summed E-state index contributed by atoms with van der Waals surface area (Å²) >= 11 is 0. The lowest BCUT2D eigenvalue weighted by atomic mass is 10.1. The molecule has 3 amide bonds. The standard InChI is InChI=1S/C20H30N4O3/c1-15-4-5-16(19(25)22-17-6-7-17)14-18(15)23-20(26)21-8-2-3-9-24-10-12-27-13-11-24/h4-5,14,17H,2-3,6-13H2,1H3,(H,22,25)(H2,21,23,26). The Kier molecular flexibility index (Phi) is 7.06. The second kappa shape index (κ2) is 9.71. The van der Waals surface area contributed by atoms with E-state index in [-0.39, 0.29) is 11.9 Å². The van der Waals surface area contributed by atoms with Crippen molar-refractivity contribution in [3.8, 4) is 0 Å². The Morgan fingerprint density at radius 2 is 1.96 bits per heavy atom. The van der Waals surface area contributed by atoms with Crippen LogP contribution < -0.4 is 16.0 Å². The summed E-state index contributed by atoms with van der Waals surface area (Å²) in [5.74, 6) is -0.0796. The van der Waals surface area contributed by atoms with Crippen LogP contribution >= 0.6 is 0 Å². The number of morpholine rings is 1. The highest BCUT2D eigenvalue weighted by Crippen LogP contribution is 2.21. The number of urea groups is 1. The summed E-state index contributed by atoms with van der Waals surface area (Å²) in [6.45, 7) is 7.23. The number of unbranched alkanes of at least 4 members (excludes halogenated alkanes) is 1. The molecule has 2 fully saturated rings. The van der Waals surface area contributed by atoms with E-state index in [2.05, 4.69) is 20.9 Å². The Labute approximate surface area is 160 Å². The van der Waals surface area contributed by atoms with Crippen molar-refractivity contribution in [1.29, 1.82) is 0 Å². The molecule has 1 aromatic rings. The fourth-order valence-corrected chi connectivity index (χ4v) is 3.05. The molecule has 0 unspecified atom stereocenters. The molecular formula is C20H30N4O3. The first kappa shape index (κ1) is 19.6. The van der Waals surface area contributed by atoms with Gasteiger partial charge in [0.25, 0.3) is 5.91 Å². The smallest absolute Gasteiger partial charge is 0.319 e. The zero-order chi connectivity index (χ0) is 19.1. The Morgan fingerprint density at radius 1 is 1.19 bits per heavy atom. The van der Waals surface area contributed by atoms with Crippen molar-refractivity contribution in [2.45, 2.75) is 38.6 Å². The van der Waals surface area contributed by atoms with Crippen LogP contribution in [-0.4, -0.2) is 62.3 Å². The van der Waals surface area contributed by atoms with E-state index >= 15 is 0 Å². The van der Waals surface area contributed by atoms with E-state index in [1.807, 2.05) is 13.0 Å². The number of aryl methyl sites for hydroxylation is 1. The number of rotatable bonds is 8. The molecular weight excluding hydrogens is 344 g/mol. The molecule has 7 nitrogen and oxygen atoms in total. The number of carbonyl (C=O) groups is 2. The molecule has 148 valence electrons. The quantitative estimate of drug-likeness (QED) is 0.609. The van der Waals surface area contributed by atoms with E-state index in [9.17, 15) is 9.59 Å². The van der Waals surface area contributed by atoms with E-state index in [0.717, 1.165) is 64.1 Å². The Balaban J connectivity index is 1.38. The number of ether oxygens (including phenoxy) is 1. The topological polar surface area (TPSA) is 82.7 Å². The molecule has 1 aromatic carbocycles. The molecule has 0 aromatic heterocycles. The third kappa shape index (κ3) is 6.52. The lowest BCUT2D eigenvalue weighted by Crippen LogP contribution is -2.37. The highest BCUT2D eigenvalue weighted by molar-refractivity contribution is 5.97. The van der Waals surface area contributed by atoms with Crippen molar-refractivity contribution in [3.05, 3.63) is 29.3 Å². The maximum atomic E-state index is 12.2. The van der Waals surface area contributed by atoms with Crippen LogP contribution in [0, 0.1) is 6.92 Å². The monoisotopic (exact) mass is 374 g/mol. The molecule has 1 heterocycles. The van der Waals surface area contributed by atoms with Gasteiger partial charge in [-0.05, 0) is 56.8 Å². The zero-order valence-corrected chi connectivity index (χ0v) is 16.1. The van der Waals surface area contributed by atoms with E-state index in [1.54, 1.807) is 12.1 Å². The van der Waals surface area contributed by atoms with Crippen molar-refractivity contribution in [3.63, 3.8) is 0 Å². The second-order valence-corrected chi connectivity index (χ2v) is 7.32. The molecule has 1 saturated heterocycles. The molecule has 1 aliphatic carbocycles. The number of hydrogen-bond donors (Lipinski definition) is 3. The minimum atomic E-state index is -0.232. The molecule has 0 bridgehead atoms. The van der Waals surface area contributed by atoms with Crippen LogP contribution in [0.25, 0.3) is 0 Å². The number of nitrogens with one attached hydrogen (secondary N) is 3. The van der Waals surface area contributed by atoms with E-state index in [4.69, 9.17) is 4.74 Å². The van der Waals surface area contributed by atoms with E-state index < -0.39 is 0 Å². The maximum Gasteiger partial charge on any atom is 0.319 e. The first-order valence-electron chi connectivity index (χ1n) is 9.88. The summed E-state index contributed by atoms with van der Waals surface area (Å²) in [6, 6.07) is 5.48. The maximum absolute atomic E-state index is 12.2. The molecule has 1 saturated carbocycles. The fraction of sp³-hybridized carbons (Fsp3) is 0.600. The van der Waals surface area contributed by atoms with Crippen molar-refractivity contribution >= 4 is 17.6 Å². The van der Waals surface area contributed by atoms with Gasteiger partial charge in [-0.3, -0.25) is 9.69 Å². The van der Waals surface area contributed by atoms with Gasteiger partial charge in [-0.2, -0.15) is 0 Å². The lowest BCUT2D eigenvalue weighted by molar-refractivity contribution is 0.0372. The van der Waals surface area contributed by atoms with Gasteiger partial charge in [-0.25, -0.2) is 4.79 Å². The first-order chi connectivity index (χ1) is 13.1. The highest BCUT2D eigenvalue weighted by Gasteiger charge is 2.24. The van der Waals surface area contributed by atoms with Gasteiger partial charge in [0.1, 0.15) is 0 Å². The van der Waals surface area contributed by atoms with E-state index in [0.29, 0.717) is 23.8 Å². The van der Waals surface area contributed by atoms with Crippen LogP contribution in [0.2, 0.25) is 0 Å². The summed E-state index contributed by atoms with van der Waals surface area (Å²) in [5, 5.41) is 8.72. The molecule has 0 spiro atoms. The van der Waals surface area contributed by atoms with Crippen LogP contribution in [0.15, 0.2) is 18.2 Å². The van der Waals surface area contributed by atoms with Crippen molar-refractivity contribution in [2.24, 2.45) is 0 Å². The van der Waals surface area contributed by atoms with Crippen LogP contribution in [-0.2, 0) is 4.74 Å². The van der Waals surface area contributed by atoms with Gasteiger partial charge in [-0.15, -0.1) is 0 Å². The second-order valence-electron chi connectivity index (χ2n) is 7.32. The normalized spacial score (nSPS) is 17.4. The Bertz CT molecular complexity index is 655. The number of anilines is 1. The number of nitrogens with zero attached hydrogens (tertiary/aromatic N) is 1. The minimum Gasteiger partial charge on any atom is -0.379 e. The summed E-state index contributed by atoms with van der Waals surface area (Å²) < 4.78 is 5.34. The van der Waals surface area contributed by atoms with Crippen molar-refractivity contribution < 1.29 is 14.3 Å². The summed E-state index contributed by atoms with van der Waals surface area (Å²) in [6.07, 6.45) is 4.09. The molecule has 27 heavy (non-hydrogen) atoms. The largest absolute Gasteiger partial charge is 0.379 e. The van der Waals surface area contributed by atoms with Gasteiger partial charge in [0.2, 0.25) is 0 Å². The molecule has 0 radical (unpaired) electrons. The zero-order valence-electron chi connectivity index (χ0n) is 16.1. The van der Waals surface area contributed by atoms with Crippen molar-refractivity contribution in [2.75, 3.05) is 44.7 Å². The predicted molar refractivity (Wildman–Crippen MR) is 105 cm³/mol. The average molecular weight is 374 g/mol. The molecule has 3 rings (SSSR count). The minimum absolute atomic E-state index is 0.0796. The van der Waals surface area contributed by atoms with Gasteiger partial charge in [0.05, 0.1) is 13.2 Å². The average Bonchev–Trinajstić information content (AvgIpc) is 3.48. The molecule has 0 atom stereocenters. The van der Waals surface area contributed by atoms with Crippen LogP contribution in [0.1, 0.15) is 41.6 Å².